The van der Waals surface area contributed by atoms with E-state index in [9.17, 15) is 14.4 Å². The molecule has 0 spiro atoms. The van der Waals surface area contributed by atoms with Crippen LogP contribution < -0.4 is 20.2 Å². The molecule has 0 atom stereocenters. The van der Waals surface area contributed by atoms with E-state index in [4.69, 9.17) is 14.2 Å². The van der Waals surface area contributed by atoms with Crippen molar-refractivity contribution in [3.8, 4) is 11.5 Å². The highest BCUT2D eigenvalue weighted by atomic mass is 79.9. The Morgan fingerprint density at radius 2 is 1.76 bits per heavy atom. The van der Waals surface area contributed by atoms with Gasteiger partial charge in [0.25, 0.3) is 0 Å². The minimum absolute atomic E-state index is 0.0103. The molecule has 10 heteroatoms. The number of nitrogens with zero attached hydrogens (tertiary/aromatic N) is 1. The number of nitrogens with one attached hydrogen (secondary N) is 2. The van der Waals surface area contributed by atoms with Crippen molar-refractivity contribution in [2.75, 3.05) is 25.1 Å². The predicted octanol–water partition coefficient (Wildman–Crippen LogP) is 3.97. The molecule has 2 aromatic carbocycles. The van der Waals surface area contributed by atoms with E-state index in [0.717, 1.165) is 11.3 Å². The van der Waals surface area contributed by atoms with Crippen molar-refractivity contribution in [3.63, 3.8) is 0 Å². The number of rotatable bonds is 12. The minimum atomic E-state index is -0.488. The molecule has 0 saturated heterocycles. The summed E-state index contributed by atoms with van der Waals surface area (Å²) in [6.07, 6.45) is 1.46. The van der Waals surface area contributed by atoms with Gasteiger partial charge in [0.1, 0.15) is 0 Å². The fourth-order valence-electron chi connectivity index (χ4n) is 2.79. The van der Waals surface area contributed by atoms with E-state index >= 15 is 0 Å². The third-order valence-corrected chi connectivity index (χ3v) is 4.96. The van der Waals surface area contributed by atoms with E-state index in [2.05, 4.69) is 31.8 Å². The lowest BCUT2D eigenvalue weighted by molar-refractivity contribution is -0.145. The second-order valence-corrected chi connectivity index (χ2v) is 7.87. The first kappa shape index (κ1) is 26.8. The van der Waals surface area contributed by atoms with Gasteiger partial charge < -0.3 is 19.5 Å². The Labute approximate surface area is 207 Å². The number of benzene rings is 2. The maximum absolute atomic E-state index is 12.1. The number of hydrogen-bond donors (Lipinski definition) is 2. The molecule has 182 valence electrons. The van der Waals surface area contributed by atoms with E-state index < -0.39 is 11.9 Å². The van der Waals surface area contributed by atoms with E-state index in [0.29, 0.717) is 28.1 Å². The first-order valence-corrected chi connectivity index (χ1v) is 11.6. The first-order valence-electron chi connectivity index (χ1n) is 10.8. The summed E-state index contributed by atoms with van der Waals surface area (Å²) in [5.41, 5.74) is 4.69. The predicted molar refractivity (Wildman–Crippen MR) is 132 cm³/mol. The van der Waals surface area contributed by atoms with Gasteiger partial charge in [-0.05, 0) is 66.0 Å². The molecule has 0 aliphatic rings. The van der Waals surface area contributed by atoms with E-state index in [1.807, 2.05) is 32.0 Å². The Bertz CT molecular complexity index is 1040. The fourth-order valence-corrected chi connectivity index (χ4v) is 3.36. The number of hydrogen-bond acceptors (Lipinski definition) is 7. The lowest BCUT2D eigenvalue weighted by atomic mass is 10.2. The highest BCUT2D eigenvalue weighted by molar-refractivity contribution is 9.10. The van der Waals surface area contributed by atoms with Gasteiger partial charge in [0.05, 0.1) is 23.9 Å². The van der Waals surface area contributed by atoms with Crippen LogP contribution in [0.25, 0.3) is 0 Å². The molecule has 0 fully saturated rings. The minimum Gasteiger partial charge on any atom is -0.490 e. The number of halogens is 1. The van der Waals surface area contributed by atoms with Gasteiger partial charge in [0, 0.05) is 18.5 Å². The summed E-state index contributed by atoms with van der Waals surface area (Å²) >= 11 is 3.40. The van der Waals surface area contributed by atoms with Crippen LogP contribution in [0.1, 0.15) is 37.8 Å². The van der Waals surface area contributed by atoms with Crippen LogP contribution in [0.15, 0.2) is 46.0 Å². The van der Waals surface area contributed by atoms with Crippen molar-refractivity contribution in [1.82, 2.24) is 5.43 Å². The Kier molecular flexibility index (Phi) is 11.0. The van der Waals surface area contributed by atoms with Crippen LogP contribution in [0.4, 0.5) is 5.69 Å². The molecule has 2 rings (SSSR count). The summed E-state index contributed by atoms with van der Waals surface area (Å²) in [6.45, 7) is 5.81. The molecule has 2 N–H and O–H groups in total. The molecule has 0 aliphatic heterocycles. The smallest absolute Gasteiger partial charge is 0.344 e. The third-order valence-electron chi connectivity index (χ3n) is 4.37. The zero-order valence-electron chi connectivity index (χ0n) is 19.4. The largest absolute Gasteiger partial charge is 0.490 e. The molecule has 0 saturated carbocycles. The monoisotopic (exact) mass is 533 g/mol. The van der Waals surface area contributed by atoms with Crippen molar-refractivity contribution in [3.05, 3.63) is 52.0 Å². The van der Waals surface area contributed by atoms with Gasteiger partial charge in [-0.15, -0.1) is 0 Å². The summed E-state index contributed by atoms with van der Waals surface area (Å²) < 4.78 is 16.5. The van der Waals surface area contributed by atoms with E-state index in [1.54, 1.807) is 25.1 Å². The van der Waals surface area contributed by atoms with Gasteiger partial charge in [0.15, 0.2) is 18.1 Å². The standard InChI is InChI=1S/C24H28BrN3O6/c1-4-32-20-13-17(12-18(25)24(20)34-15-23(31)33-5-2)14-26-28-22(30)11-10-21(29)27-19-9-7-6-8-16(19)3/h6-9,12-14H,4-5,10-11,15H2,1-3H3,(H,27,29)(H,28,30). The molecule has 2 aromatic rings. The third kappa shape index (κ3) is 8.86. The molecular formula is C24H28BrN3O6. The van der Waals surface area contributed by atoms with Crippen LogP contribution in [-0.4, -0.2) is 43.8 Å². The molecule has 34 heavy (non-hydrogen) atoms. The van der Waals surface area contributed by atoms with Gasteiger partial charge in [0.2, 0.25) is 11.8 Å². The Balaban J connectivity index is 1.91. The number of amides is 2. The van der Waals surface area contributed by atoms with Crippen LogP contribution in [0, 0.1) is 6.92 Å². The lowest BCUT2D eigenvalue weighted by Gasteiger charge is -2.14. The number of aryl methyl sites for hydroxylation is 1. The van der Waals surface area contributed by atoms with Crippen molar-refractivity contribution in [2.24, 2.45) is 5.10 Å². The summed E-state index contributed by atoms with van der Waals surface area (Å²) in [5, 5.41) is 6.72. The van der Waals surface area contributed by atoms with Crippen LogP contribution in [0.5, 0.6) is 11.5 Å². The molecule has 0 unspecified atom stereocenters. The molecule has 0 radical (unpaired) electrons. The van der Waals surface area contributed by atoms with Gasteiger partial charge in [-0.1, -0.05) is 18.2 Å². The van der Waals surface area contributed by atoms with Crippen molar-refractivity contribution in [1.29, 1.82) is 0 Å². The van der Waals surface area contributed by atoms with E-state index in [-0.39, 0.29) is 32.0 Å². The van der Waals surface area contributed by atoms with Crippen LogP contribution in [-0.2, 0) is 19.1 Å². The molecular weight excluding hydrogens is 506 g/mol. The maximum Gasteiger partial charge on any atom is 0.344 e. The second-order valence-electron chi connectivity index (χ2n) is 7.01. The quantitative estimate of drug-likeness (QED) is 0.242. The summed E-state index contributed by atoms with van der Waals surface area (Å²) in [6, 6.07) is 10.8. The molecule has 0 bridgehead atoms. The Hall–Kier alpha value is -3.40. The Morgan fingerprint density at radius 1 is 1.03 bits per heavy atom. The zero-order chi connectivity index (χ0) is 24.9. The number of carbonyl (C=O) groups excluding carboxylic acids is 3. The molecule has 9 nitrogen and oxygen atoms in total. The summed E-state index contributed by atoms with van der Waals surface area (Å²) in [4.78, 5) is 35.7. The lowest BCUT2D eigenvalue weighted by Crippen LogP contribution is -2.20. The number of esters is 1. The van der Waals surface area contributed by atoms with Crippen LogP contribution in [0.2, 0.25) is 0 Å². The normalized spacial score (nSPS) is 10.6. The highest BCUT2D eigenvalue weighted by Crippen LogP contribution is 2.36. The Morgan fingerprint density at radius 3 is 2.47 bits per heavy atom. The zero-order valence-corrected chi connectivity index (χ0v) is 20.9. The molecule has 0 aromatic heterocycles. The van der Waals surface area contributed by atoms with Gasteiger partial charge in [-0.2, -0.15) is 5.10 Å². The first-order chi connectivity index (χ1) is 16.3. The van der Waals surface area contributed by atoms with Crippen molar-refractivity contribution >= 4 is 45.6 Å². The van der Waals surface area contributed by atoms with E-state index in [1.165, 1.54) is 6.21 Å². The van der Waals surface area contributed by atoms with Gasteiger partial charge in [-0.25, -0.2) is 10.2 Å². The number of para-hydroxylation sites is 1. The summed E-state index contributed by atoms with van der Waals surface area (Å²) in [7, 11) is 0. The summed E-state index contributed by atoms with van der Waals surface area (Å²) in [5.74, 6) is -0.373. The molecule has 0 heterocycles. The number of hydrazone groups is 1. The number of ether oxygens (including phenoxy) is 3. The van der Waals surface area contributed by atoms with Crippen LogP contribution in [0.3, 0.4) is 0 Å². The van der Waals surface area contributed by atoms with Gasteiger partial charge >= 0.3 is 5.97 Å². The van der Waals surface area contributed by atoms with Crippen LogP contribution >= 0.6 is 15.9 Å². The average Bonchev–Trinajstić information content (AvgIpc) is 2.79. The SMILES string of the molecule is CCOC(=O)COc1c(Br)cc(C=NNC(=O)CCC(=O)Nc2ccccc2C)cc1OCC. The topological polar surface area (TPSA) is 115 Å². The molecule has 0 aliphatic carbocycles. The van der Waals surface area contributed by atoms with Crippen molar-refractivity contribution in [2.45, 2.75) is 33.6 Å². The highest BCUT2D eigenvalue weighted by Gasteiger charge is 2.14. The van der Waals surface area contributed by atoms with Crippen molar-refractivity contribution < 1.29 is 28.6 Å². The second kappa shape index (κ2) is 14.0. The maximum atomic E-state index is 12.1. The number of carbonyl (C=O) groups is 3. The van der Waals surface area contributed by atoms with Gasteiger partial charge in [-0.3, -0.25) is 9.59 Å². The number of anilines is 1. The average molecular weight is 534 g/mol. The fraction of sp³-hybridized carbons (Fsp3) is 0.333. The molecule has 2 amide bonds.